The van der Waals surface area contributed by atoms with Gasteiger partial charge in [0.1, 0.15) is 0 Å². The lowest BCUT2D eigenvalue weighted by molar-refractivity contribution is 0.506. The summed E-state index contributed by atoms with van der Waals surface area (Å²) in [6, 6.07) is 0. The van der Waals surface area contributed by atoms with E-state index in [0.717, 1.165) is 5.92 Å². The minimum absolute atomic E-state index is 0.560. The lowest BCUT2D eigenvalue weighted by Gasteiger charge is -2.50. The molecule has 2 aliphatic rings. The SMILES string of the molecule is CC(CCCC1([Si](C)(C)C)SCCCS1)C1([Si](C)(C)C)SCCCS1. The van der Waals surface area contributed by atoms with E-state index in [-0.39, 0.29) is 0 Å². The van der Waals surface area contributed by atoms with Crippen LogP contribution in [0.15, 0.2) is 0 Å². The van der Waals surface area contributed by atoms with Gasteiger partial charge in [-0.1, -0.05) is 52.6 Å². The summed E-state index contributed by atoms with van der Waals surface area (Å²) in [5.74, 6) is 6.46. The molecule has 0 nitrogen and oxygen atoms in total. The third-order valence-corrected chi connectivity index (χ3v) is 26.4. The molecule has 148 valence electrons. The summed E-state index contributed by atoms with van der Waals surface area (Å²) in [5.41, 5.74) is 0. The summed E-state index contributed by atoms with van der Waals surface area (Å²) >= 11 is 9.34. The summed E-state index contributed by atoms with van der Waals surface area (Å²) in [6.07, 6.45) is 7.18. The number of hydrogen-bond acceptors (Lipinski definition) is 4. The summed E-state index contributed by atoms with van der Waals surface area (Å²) in [7, 11) is -2.34. The second-order valence-electron chi connectivity index (χ2n) is 9.81. The first kappa shape index (κ1) is 23.1. The van der Waals surface area contributed by atoms with Crippen LogP contribution in [0.3, 0.4) is 0 Å². The molecule has 0 amide bonds. The van der Waals surface area contributed by atoms with E-state index in [2.05, 4.69) is 93.3 Å². The molecule has 0 bridgehead atoms. The van der Waals surface area contributed by atoms with E-state index in [9.17, 15) is 0 Å². The van der Waals surface area contributed by atoms with Gasteiger partial charge in [-0.25, -0.2) is 0 Å². The topological polar surface area (TPSA) is 0 Å². The minimum Gasteiger partial charge on any atom is -0.148 e. The molecule has 2 aliphatic heterocycles. The van der Waals surface area contributed by atoms with Crippen LogP contribution in [0.4, 0.5) is 0 Å². The Morgan fingerprint density at radius 1 is 0.760 bits per heavy atom. The fourth-order valence-electron chi connectivity index (χ4n) is 4.36. The van der Waals surface area contributed by atoms with Crippen LogP contribution in [-0.2, 0) is 0 Å². The van der Waals surface area contributed by atoms with E-state index < -0.39 is 16.1 Å². The molecule has 2 heterocycles. The molecule has 25 heavy (non-hydrogen) atoms. The molecule has 2 fully saturated rings. The molecular formula is C19H40S4Si2. The third-order valence-electron chi connectivity index (χ3n) is 5.86. The van der Waals surface area contributed by atoms with Gasteiger partial charge in [-0.3, -0.25) is 0 Å². The van der Waals surface area contributed by atoms with Gasteiger partial charge in [0.05, 0.1) is 23.6 Å². The molecule has 2 saturated heterocycles. The Morgan fingerprint density at radius 3 is 1.68 bits per heavy atom. The molecule has 0 aromatic rings. The lowest BCUT2D eigenvalue weighted by atomic mass is 10.1. The second kappa shape index (κ2) is 9.10. The van der Waals surface area contributed by atoms with Gasteiger partial charge in [0.15, 0.2) is 0 Å². The van der Waals surface area contributed by atoms with E-state index >= 15 is 0 Å². The Hall–Kier alpha value is 1.83. The molecule has 0 spiro atoms. The molecule has 6 heteroatoms. The molecule has 1 unspecified atom stereocenters. The van der Waals surface area contributed by atoms with Crippen molar-refractivity contribution in [1.82, 2.24) is 0 Å². The lowest BCUT2D eigenvalue weighted by Crippen LogP contribution is -2.53. The third kappa shape index (κ3) is 5.26. The highest BCUT2D eigenvalue weighted by Crippen LogP contribution is 2.56. The van der Waals surface area contributed by atoms with E-state index in [0.29, 0.717) is 7.40 Å². The van der Waals surface area contributed by atoms with Crippen LogP contribution >= 0.6 is 47.0 Å². The Balaban J connectivity index is 2.01. The highest BCUT2D eigenvalue weighted by molar-refractivity contribution is 8.21. The van der Waals surface area contributed by atoms with Crippen LogP contribution in [-0.4, -0.2) is 46.6 Å². The van der Waals surface area contributed by atoms with Crippen molar-refractivity contribution in [3.8, 4) is 0 Å². The van der Waals surface area contributed by atoms with Gasteiger partial charge in [0, 0.05) is 0 Å². The van der Waals surface area contributed by atoms with Crippen molar-refractivity contribution in [3.63, 3.8) is 0 Å². The molecule has 0 N–H and O–H groups in total. The Bertz CT molecular complexity index is 416. The van der Waals surface area contributed by atoms with Crippen LogP contribution in [0, 0.1) is 5.92 Å². The predicted octanol–water partition coefficient (Wildman–Crippen LogP) is 7.68. The maximum absolute atomic E-state index is 2.62. The van der Waals surface area contributed by atoms with Gasteiger partial charge in [-0.05, 0) is 54.6 Å². The van der Waals surface area contributed by atoms with E-state index in [1.165, 1.54) is 55.1 Å². The Morgan fingerprint density at radius 2 is 1.24 bits per heavy atom. The minimum atomic E-state index is -1.19. The van der Waals surface area contributed by atoms with Crippen molar-refractivity contribution < 1.29 is 0 Å². The first-order valence-electron chi connectivity index (χ1n) is 10.1. The van der Waals surface area contributed by atoms with Crippen LogP contribution in [0.5, 0.6) is 0 Å². The zero-order valence-corrected chi connectivity index (χ0v) is 22.8. The standard InChI is InChI=1S/C19H40S4Si2/c1-17(19(25(5,6)7)22-15-10-16-23-19)11-8-12-18(24(2,3)4)20-13-9-14-21-18/h17H,8-16H2,1-7H3. The smallest absolute Gasteiger partial charge is 0.0755 e. The number of thioether (sulfide) groups is 4. The summed E-state index contributed by atoms with van der Waals surface area (Å²) < 4.78 is 1.15. The quantitative estimate of drug-likeness (QED) is 0.363. The van der Waals surface area contributed by atoms with Crippen molar-refractivity contribution >= 4 is 63.2 Å². The summed E-state index contributed by atoms with van der Waals surface area (Å²) in [4.78, 5) is 0. The first-order chi connectivity index (χ1) is 11.5. The van der Waals surface area contributed by atoms with Crippen molar-refractivity contribution in [2.24, 2.45) is 5.92 Å². The molecule has 2 rings (SSSR count). The number of hydrogen-bond donors (Lipinski definition) is 0. The molecule has 0 aliphatic carbocycles. The predicted molar refractivity (Wildman–Crippen MR) is 134 cm³/mol. The molecule has 1 atom stereocenters. The van der Waals surface area contributed by atoms with Crippen molar-refractivity contribution in [3.05, 3.63) is 0 Å². The van der Waals surface area contributed by atoms with E-state index in [4.69, 9.17) is 0 Å². The van der Waals surface area contributed by atoms with Crippen LogP contribution < -0.4 is 0 Å². The van der Waals surface area contributed by atoms with E-state index in [1.54, 1.807) is 0 Å². The largest absolute Gasteiger partial charge is 0.148 e. The van der Waals surface area contributed by atoms with Crippen LogP contribution in [0.2, 0.25) is 39.3 Å². The molecule has 0 aromatic carbocycles. The maximum Gasteiger partial charge on any atom is 0.0755 e. The molecular weight excluding hydrogens is 413 g/mol. The fraction of sp³-hybridized carbons (Fsp3) is 1.00. The Kier molecular flexibility index (Phi) is 8.42. The number of rotatable bonds is 7. The average molecular weight is 453 g/mol. The van der Waals surface area contributed by atoms with E-state index in [1.807, 2.05) is 0 Å². The van der Waals surface area contributed by atoms with Gasteiger partial charge in [0.2, 0.25) is 0 Å². The Labute approximate surface area is 177 Å². The van der Waals surface area contributed by atoms with Crippen molar-refractivity contribution in [1.29, 1.82) is 0 Å². The zero-order chi connectivity index (χ0) is 18.8. The second-order valence-corrected chi connectivity index (χ2v) is 27.9. The van der Waals surface area contributed by atoms with Crippen molar-refractivity contribution in [2.75, 3.05) is 23.0 Å². The summed E-state index contributed by atoms with van der Waals surface area (Å²) in [5, 5.41) is 0. The normalized spacial score (nSPS) is 25.6. The van der Waals surface area contributed by atoms with Gasteiger partial charge in [-0.2, -0.15) is 0 Å². The summed E-state index contributed by atoms with van der Waals surface area (Å²) in [6.45, 7) is 18.3. The molecule has 0 saturated carbocycles. The van der Waals surface area contributed by atoms with Gasteiger partial charge in [-0.15, -0.1) is 47.0 Å². The molecule has 0 aromatic heterocycles. The fourth-order valence-corrected chi connectivity index (χ4v) is 20.9. The first-order valence-corrected chi connectivity index (χ1v) is 21.0. The highest BCUT2D eigenvalue weighted by atomic mass is 32.2. The van der Waals surface area contributed by atoms with Gasteiger partial charge < -0.3 is 0 Å². The zero-order valence-electron chi connectivity index (χ0n) is 17.6. The molecule has 0 radical (unpaired) electrons. The average Bonchev–Trinajstić information content (AvgIpc) is 2.54. The monoisotopic (exact) mass is 452 g/mol. The van der Waals surface area contributed by atoms with Crippen LogP contribution in [0.25, 0.3) is 0 Å². The highest BCUT2D eigenvalue weighted by Gasteiger charge is 2.50. The van der Waals surface area contributed by atoms with Crippen LogP contribution in [0.1, 0.15) is 39.0 Å². The van der Waals surface area contributed by atoms with Gasteiger partial charge >= 0.3 is 0 Å². The van der Waals surface area contributed by atoms with Gasteiger partial charge in [0.25, 0.3) is 0 Å². The van der Waals surface area contributed by atoms with Crippen molar-refractivity contribution in [2.45, 2.75) is 85.7 Å². The maximum atomic E-state index is 2.62.